The summed E-state index contributed by atoms with van der Waals surface area (Å²) in [7, 11) is -3.88. The Hall–Kier alpha value is -2.19. The van der Waals surface area contributed by atoms with Crippen LogP contribution in [0.5, 0.6) is 0 Å². The van der Waals surface area contributed by atoms with Crippen molar-refractivity contribution in [2.45, 2.75) is 24.6 Å². The fourth-order valence-electron chi connectivity index (χ4n) is 2.42. The van der Waals surface area contributed by atoms with Gasteiger partial charge in [0.25, 0.3) is 15.9 Å². The van der Waals surface area contributed by atoms with E-state index in [0.29, 0.717) is 10.7 Å². The van der Waals surface area contributed by atoms with Gasteiger partial charge in [-0.1, -0.05) is 18.2 Å². The summed E-state index contributed by atoms with van der Waals surface area (Å²) >= 11 is 1.05. The molecule has 0 aliphatic heterocycles. The van der Waals surface area contributed by atoms with Gasteiger partial charge in [0.05, 0.1) is 10.7 Å². The molecule has 0 saturated carbocycles. The number of sulfonamides is 1. The molecule has 0 spiro atoms. The van der Waals surface area contributed by atoms with Gasteiger partial charge in [-0.3, -0.25) is 4.79 Å². The zero-order valence-electron chi connectivity index (χ0n) is 12.6. The van der Waals surface area contributed by atoms with Gasteiger partial charge in [-0.15, -0.1) is 11.3 Å². The zero-order chi connectivity index (χ0) is 16.6. The van der Waals surface area contributed by atoms with Crippen molar-refractivity contribution in [3.8, 4) is 0 Å². The molecule has 0 atom stereocenters. The molecule has 1 amide bonds. The van der Waals surface area contributed by atoms with Crippen LogP contribution in [0, 0.1) is 13.8 Å². The molecule has 1 aromatic carbocycles. The molecule has 0 saturated heterocycles. The Morgan fingerprint density at radius 1 is 1.26 bits per heavy atom. The molecular formula is C15H15N3O3S2. The highest BCUT2D eigenvalue weighted by Crippen LogP contribution is 2.22. The van der Waals surface area contributed by atoms with E-state index in [0.717, 1.165) is 22.2 Å². The van der Waals surface area contributed by atoms with Crippen LogP contribution in [0.2, 0.25) is 0 Å². The summed E-state index contributed by atoms with van der Waals surface area (Å²) < 4.78 is 28.5. The van der Waals surface area contributed by atoms with Crippen molar-refractivity contribution in [2.75, 3.05) is 0 Å². The lowest BCUT2D eigenvalue weighted by molar-refractivity contribution is -0.119. The monoisotopic (exact) mass is 349 g/mol. The maximum atomic E-state index is 12.3. The Bertz CT molecular complexity index is 986. The van der Waals surface area contributed by atoms with Gasteiger partial charge in [-0.25, -0.2) is 18.1 Å². The normalized spacial score (nSPS) is 11.7. The molecule has 2 heterocycles. The van der Waals surface area contributed by atoms with Crippen LogP contribution in [-0.4, -0.2) is 23.9 Å². The van der Waals surface area contributed by atoms with E-state index in [1.54, 1.807) is 24.6 Å². The van der Waals surface area contributed by atoms with E-state index in [1.807, 2.05) is 30.3 Å². The SMILES string of the molecule is Cc1nc(C)c(S(=O)(=O)NC(=O)Cn2ccc3ccccc32)s1. The second-order valence-corrected chi connectivity index (χ2v) is 8.22. The van der Waals surface area contributed by atoms with Crippen LogP contribution in [0.15, 0.2) is 40.7 Å². The van der Waals surface area contributed by atoms with Crippen LogP contribution < -0.4 is 4.72 Å². The fraction of sp³-hybridized carbons (Fsp3) is 0.200. The van der Waals surface area contributed by atoms with Crippen LogP contribution in [-0.2, 0) is 21.4 Å². The molecule has 3 aromatic rings. The molecule has 120 valence electrons. The predicted octanol–water partition coefficient (Wildman–Crippen LogP) is 2.22. The third-order valence-corrected chi connectivity index (χ3v) is 6.40. The molecule has 23 heavy (non-hydrogen) atoms. The first kappa shape index (κ1) is 15.7. The number of nitrogens with one attached hydrogen (secondary N) is 1. The minimum atomic E-state index is -3.88. The lowest BCUT2D eigenvalue weighted by Gasteiger charge is -2.07. The van der Waals surface area contributed by atoms with Crippen LogP contribution in [0.25, 0.3) is 10.9 Å². The maximum Gasteiger partial charge on any atom is 0.275 e. The number of carbonyl (C=O) groups excluding carboxylic acids is 1. The van der Waals surface area contributed by atoms with Crippen molar-refractivity contribution in [2.24, 2.45) is 0 Å². The average Bonchev–Trinajstić information content (AvgIpc) is 3.02. The van der Waals surface area contributed by atoms with Crippen LogP contribution >= 0.6 is 11.3 Å². The minimum Gasteiger partial charge on any atom is -0.338 e. The highest BCUT2D eigenvalue weighted by molar-refractivity contribution is 7.92. The maximum absolute atomic E-state index is 12.3. The lowest BCUT2D eigenvalue weighted by atomic mass is 10.2. The number of aromatic nitrogens is 2. The highest BCUT2D eigenvalue weighted by atomic mass is 32.2. The summed E-state index contributed by atoms with van der Waals surface area (Å²) in [6.07, 6.45) is 1.76. The van der Waals surface area contributed by atoms with E-state index in [-0.39, 0.29) is 10.8 Å². The highest BCUT2D eigenvalue weighted by Gasteiger charge is 2.23. The van der Waals surface area contributed by atoms with E-state index < -0.39 is 15.9 Å². The van der Waals surface area contributed by atoms with Gasteiger partial charge in [0.1, 0.15) is 6.54 Å². The van der Waals surface area contributed by atoms with E-state index in [1.165, 1.54) is 0 Å². The number of para-hydroxylation sites is 1. The van der Waals surface area contributed by atoms with Gasteiger partial charge >= 0.3 is 0 Å². The number of nitrogens with zero attached hydrogens (tertiary/aromatic N) is 2. The molecular weight excluding hydrogens is 334 g/mol. The predicted molar refractivity (Wildman–Crippen MR) is 88.9 cm³/mol. The van der Waals surface area contributed by atoms with Crippen molar-refractivity contribution < 1.29 is 13.2 Å². The quantitative estimate of drug-likeness (QED) is 0.783. The summed E-state index contributed by atoms with van der Waals surface area (Å²) in [5.74, 6) is -0.586. The second-order valence-electron chi connectivity index (χ2n) is 5.14. The molecule has 0 bridgehead atoms. The number of thiazole rings is 1. The Morgan fingerprint density at radius 3 is 2.70 bits per heavy atom. The smallest absolute Gasteiger partial charge is 0.275 e. The van der Waals surface area contributed by atoms with Gasteiger partial charge < -0.3 is 4.57 Å². The van der Waals surface area contributed by atoms with Crippen molar-refractivity contribution in [3.05, 3.63) is 47.2 Å². The molecule has 0 aliphatic carbocycles. The number of rotatable bonds is 4. The molecule has 8 heteroatoms. The summed E-state index contributed by atoms with van der Waals surface area (Å²) in [5, 5.41) is 1.64. The van der Waals surface area contributed by atoms with E-state index in [4.69, 9.17) is 0 Å². The van der Waals surface area contributed by atoms with Crippen molar-refractivity contribution in [1.82, 2.24) is 14.3 Å². The van der Waals surface area contributed by atoms with Crippen LogP contribution in [0.3, 0.4) is 0 Å². The van der Waals surface area contributed by atoms with E-state index in [2.05, 4.69) is 9.71 Å². The lowest BCUT2D eigenvalue weighted by Crippen LogP contribution is -2.33. The summed E-state index contributed by atoms with van der Waals surface area (Å²) in [6, 6.07) is 9.48. The molecule has 0 unspecified atom stereocenters. The average molecular weight is 349 g/mol. The fourth-order valence-corrected chi connectivity index (χ4v) is 4.89. The van der Waals surface area contributed by atoms with E-state index >= 15 is 0 Å². The Kier molecular flexibility index (Phi) is 3.95. The largest absolute Gasteiger partial charge is 0.338 e. The van der Waals surface area contributed by atoms with E-state index in [9.17, 15) is 13.2 Å². The van der Waals surface area contributed by atoms with Gasteiger partial charge in [0.2, 0.25) is 0 Å². The third kappa shape index (κ3) is 3.13. The molecule has 3 rings (SSSR count). The Balaban J connectivity index is 1.80. The number of amides is 1. The van der Waals surface area contributed by atoms with Crippen molar-refractivity contribution in [1.29, 1.82) is 0 Å². The van der Waals surface area contributed by atoms with Crippen molar-refractivity contribution >= 4 is 38.2 Å². The first-order chi connectivity index (χ1) is 10.9. The number of benzene rings is 1. The zero-order valence-corrected chi connectivity index (χ0v) is 14.2. The summed E-state index contributed by atoms with van der Waals surface area (Å²) in [6.45, 7) is 3.27. The number of aryl methyl sites for hydroxylation is 2. The first-order valence-electron chi connectivity index (χ1n) is 6.90. The number of fused-ring (bicyclic) bond motifs is 1. The van der Waals surface area contributed by atoms with Crippen molar-refractivity contribution in [3.63, 3.8) is 0 Å². The number of hydrogen-bond donors (Lipinski definition) is 1. The number of carbonyl (C=O) groups is 1. The standard InChI is InChI=1S/C15H15N3O3S2/c1-10-15(22-11(2)16-10)23(20,21)17-14(19)9-18-8-7-12-5-3-4-6-13(12)18/h3-8H,9H2,1-2H3,(H,17,19). The van der Waals surface area contributed by atoms with Crippen LogP contribution in [0.4, 0.5) is 0 Å². The molecule has 6 nitrogen and oxygen atoms in total. The van der Waals surface area contributed by atoms with Gasteiger partial charge in [-0.05, 0) is 31.4 Å². The topological polar surface area (TPSA) is 81.1 Å². The molecule has 2 aromatic heterocycles. The molecule has 0 fully saturated rings. The van der Waals surface area contributed by atoms with Gasteiger partial charge in [0, 0.05) is 11.7 Å². The first-order valence-corrected chi connectivity index (χ1v) is 9.20. The Morgan fingerprint density at radius 2 is 2.00 bits per heavy atom. The van der Waals surface area contributed by atoms with Gasteiger partial charge in [-0.2, -0.15) is 0 Å². The van der Waals surface area contributed by atoms with Gasteiger partial charge in [0.15, 0.2) is 4.21 Å². The second kappa shape index (κ2) is 5.78. The Labute approximate surface area is 137 Å². The molecule has 1 N–H and O–H groups in total. The third-order valence-electron chi connectivity index (χ3n) is 3.35. The summed E-state index contributed by atoms with van der Waals surface area (Å²) in [4.78, 5) is 16.2. The molecule has 0 aliphatic rings. The van der Waals surface area contributed by atoms with Crippen LogP contribution in [0.1, 0.15) is 10.7 Å². The molecule has 0 radical (unpaired) electrons. The summed E-state index contributed by atoms with van der Waals surface area (Å²) in [5.41, 5.74) is 1.28. The number of hydrogen-bond acceptors (Lipinski definition) is 5. The minimum absolute atomic E-state index is 0.0659.